The van der Waals surface area contributed by atoms with Crippen molar-refractivity contribution in [3.8, 4) is 0 Å². The van der Waals surface area contributed by atoms with Crippen molar-refractivity contribution in [1.29, 1.82) is 0 Å². The summed E-state index contributed by atoms with van der Waals surface area (Å²) in [4.78, 5) is 15.7. The Bertz CT molecular complexity index is 609. The van der Waals surface area contributed by atoms with Crippen molar-refractivity contribution in [2.24, 2.45) is 0 Å². The molecular formula is C15H18ClN2O2S2+. The Labute approximate surface area is 142 Å². The molecule has 4 nitrogen and oxygen atoms in total. The van der Waals surface area contributed by atoms with Gasteiger partial charge in [-0.15, -0.1) is 22.7 Å². The zero-order chi connectivity index (χ0) is 15.4. The van der Waals surface area contributed by atoms with Gasteiger partial charge in [0.2, 0.25) is 0 Å². The van der Waals surface area contributed by atoms with E-state index < -0.39 is 0 Å². The van der Waals surface area contributed by atoms with Crippen LogP contribution >= 0.6 is 34.3 Å². The summed E-state index contributed by atoms with van der Waals surface area (Å²) in [5.41, 5.74) is 0. The number of ether oxygens (including phenoxy) is 1. The summed E-state index contributed by atoms with van der Waals surface area (Å²) in [7, 11) is 0. The van der Waals surface area contributed by atoms with Gasteiger partial charge in [0, 0.05) is 0 Å². The Kier molecular flexibility index (Phi) is 5.49. The van der Waals surface area contributed by atoms with Crippen molar-refractivity contribution in [2.75, 3.05) is 32.8 Å². The predicted molar refractivity (Wildman–Crippen MR) is 90.2 cm³/mol. The van der Waals surface area contributed by atoms with E-state index in [9.17, 15) is 4.79 Å². The number of nitrogens with one attached hydrogen (secondary N) is 2. The van der Waals surface area contributed by atoms with Crippen molar-refractivity contribution >= 4 is 40.2 Å². The largest absolute Gasteiger partial charge is 0.370 e. The van der Waals surface area contributed by atoms with E-state index in [1.54, 1.807) is 23.5 Å². The highest BCUT2D eigenvalue weighted by atomic mass is 35.5. The fraction of sp³-hybridized carbons (Fsp3) is 0.400. The van der Waals surface area contributed by atoms with E-state index in [1.807, 2.05) is 0 Å². The molecule has 118 valence electrons. The van der Waals surface area contributed by atoms with E-state index in [0.717, 1.165) is 26.3 Å². The topological polar surface area (TPSA) is 42.8 Å². The molecule has 0 spiro atoms. The zero-order valence-electron chi connectivity index (χ0n) is 12.0. The Morgan fingerprint density at radius 2 is 2.18 bits per heavy atom. The summed E-state index contributed by atoms with van der Waals surface area (Å²) in [6.45, 7) is 4.15. The molecule has 7 heteroatoms. The molecule has 0 bridgehead atoms. The van der Waals surface area contributed by atoms with Crippen LogP contribution in [0.4, 0.5) is 0 Å². The van der Waals surface area contributed by atoms with Crippen LogP contribution < -0.4 is 10.2 Å². The first-order chi connectivity index (χ1) is 10.7. The number of carbonyl (C=O) groups excluding carboxylic acids is 1. The minimum absolute atomic E-state index is 0.0499. The Hall–Kier alpha value is -0.920. The van der Waals surface area contributed by atoms with Crippen LogP contribution in [-0.4, -0.2) is 38.8 Å². The molecule has 3 heterocycles. The predicted octanol–water partition coefficient (Wildman–Crippen LogP) is 1.85. The molecule has 1 aliphatic rings. The van der Waals surface area contributed by atoms with Gasteiger partial charge in [-0.3, -0.25) is 4.79 Å². The molecule has 0 saturated carbocycles. The molecule has 1 atom stereocenters. The first-order valence-electron chi connectivity index (χ1n) is 7.23. The third kappa shape index (κ3) is 3.88. The van der Waals surface area contributed by atoms with E-state index in [2.05, 4.69) is 22.8 Å². The van der Waals surface area contributed by atoms with Crippen LogP contribution in [-0.2, 0) is 4.74 Å². The Balaban J connectivity index is 1.66. The van der Waals surface area contributed by atoms with E-state index in [4.69, 9.17) is 16.3 Å². The van der Waals surface area contributed by atoms with Gasteiger partial charge in [-0.05, 0) is 23.6 Å². The van der Waals surface area contributed by atoms with E-state index >= 15 is 0 Å². The van der Waals surface area contributed by atoms with Crippen molar-refractivity contribution in [3.63, 3.8) is 0 Å². The molecule has 0 aliphatic carbocycles. The SMILES string of the molecule is O=C(NC[C@H](c1cccs1)[NH+]1CCOCC1)c1ccc(Cl)s1. The van der Waals surface area contributed by atoms with Crippen LogP contribution in [0, 0.1) is 0 Å². The summed E-state index contributed by atoms with van der Waals surface area (Å²) in [5.74, 6) is -0.0499. The number of rotatable bonds is 5. The molecule has 0 aromatic carbocycles. The van der Waals surface area contributed by atoms with Gasteiger partial charge >= 0.3 is 0 Å². The van der Waals surface area contributed by atoms with Gasteiger partial charge in [0.05, 0.1) is 33.8 Å². The molecule has 1 amide bonds. The van der Waals surface area contributed by atoms with E-state index in [1.165, 1.54) is 21.1 Å². The lowest BCUT2D eigenvalue weighted by Crippen LogP contribution is -3.15. The molecule has 2 aromatic heterocycles. The zero-order valence-corrected chi connectivity index (χ0v) is 14.4. The van der Waals surface area contributed by atoms with E-state index in [-0.39, 0.29) is 11.9 Å². The monoisotopic (exact) mass is 357 g/mol. The number of quaternary nitrogens is 1. The molecule has 1 aliphatic heterocycles. The maximum atomic E-state index is 12.2. The smallest absolute Gasteiger partial charge is 0.261 e. The number of morpholine rings is 1. The van der Waals surface area contributed by atoms with Crippen LogP contribution in [0.15, 0.2) is 29.6 Å². The molecule has 1 fully saturated rings. The molecule has 2 aromatic rings. The molecule has 3 rings (SSSR count). The van der Waals surface area contributed by atoms with Gasteiger partial charge in [-0.2, -0.15) is 0 Å². The number of halogens is 1. The summed E-state index contributed by atoms with van der Waals surface area (Å²) in [6, 6.07) is 8.01. The van der Waals surface area contributed by atoms with Gasteiger partial charge in [0.25, 0.3) is 5.91 Å². The van der Waals surface area contributed by atoms with Crippen LogP contribution in [0.3, 0.4) is 0 Å². The first kappa shape index (κ1) is 16.0. The van der Waals surface area contributed by atoms with Gasteiger partial charge in [-0.1, -0.05) is 17.7 Å². The Morgan fingerprint density at radius 3 is 2.82 bits per heavy atom. The fourth-order valence-corrected chi connectivity index (χ4v) is 4.48. The van der Waals surface area contributed by atoms with Gasteiger partial charge in [0.1, 0.15) is 19.1 Å². The summed E-state index contributed by atoms with van der Waals surface area (Å²) >= 11 is 8.95. The van der Waals surface area contributed by atoms with Crippen LogP contribution in [0.2, 0.25) is 4.34 Å². The second-order valence-electron chi connectivity index (χ2n) is 5.15. The van der Waals surface area contributed by atoms with Gasteiger partial charge in [0.15, 0.2) is 0 Å². The first-order valence-corrected chi connectivity index (χ1v) is 9.30. The van der Waals surface area contributed by atoms with E-state index in [0.29, 0.717) is 15.8 Å². The van der Waals surface area contributed by atoms with Crippen LogP contribution in [0.25, 0.3) is 0 Å². The second kappa shape index (κ2) is 7.57. The number of hydrogen-bond donors (Lipinski definition) is 2. The summed E-state index contributed by atoms with van der Waals surface area (Å²) in [6.07, 6.45) is 0. The lowest BCUT2D eigenvalue weighted by atomic mass is 10.2. The normalized spacial score (nSPS) is 17.3. The van der Waals surface area contributed by atoms with Crippen molar-refractivity contribution in [2.45, 2.75) is 6.04 Å². The molecule has 2 N–H and O–H groups in total. The Morgan fingerprint density at radius 1 is 1.36 bits per heavy atom. The number of amides is 1. The standard InChI is InChI=1S/C15H17ClN2O2S2/c16-14-4-3-13(22-14)15(19)17-10-11(12-2-1-9-21-12)18-5-7-20-8-6-18/h1-4,9,11H,5-8,10H2,(H,17,19)/p+1/t11-/m1/s1. The summed E-state index contributed by atoms with van der Waals surface area (Å²) in [5, 5.41) is 5.14. The van der Waals surface area contributed by atoms with Crippen LogP contribution in [0.1, 0.15) is 20.6 Å². The second-order valence-corrected chi connectivity index (χ2v) is 7.85. The lowest BCUT2D eigenvalue weighted by Gasteiger charge is -2.31. The molecule has 22 heavy (non-hydrogen) atoms. The molecule has 0 unspecified atom stereocenters. The molecule has 0 radical (unpaired) electrons. The van der Waals surface area contributed by atoms with Crippen molar-refractivity contribution < 1.29 is 14.4 Å². The minimum Gasteiger partial charge on any atom is -0.370 e. The fourth-order valence-electron chi connectivity index (χ4n) is 2.64. The van der Waals surface area contributed by atoms with Crippen molar-refractivity contribution in [1.82, 2.24) is 5.32 Å². The van der Waals surface area contributed by atoms with Crippen LogP contribution in [0.5, 0.6) is 0 Å². The summed E-state index contributed by atoms with van der Waals surface area (Å²) < 4.78 is 6.08. The molecular weight excluding hydrogens is 340 g/mol. The van der Waals surface area contributed by atoms with Gasteiger partial charge in [-0.25, -0.2) is 0 Å². The third-order valence-corrected chi connectivity index (χ3v) is 5.99. The minimum atomic E-state index is -0.0499. The molecule has 1 saturated heterocycles. The average molecular weight is 358 g/mol. The highest BCUT2D eigenvalue weighted by molar-refractivity contribution is 7.18. The lowest BCUT2D eigenvalue weighted by molar-refractivity contribution is -0.937. The van der Waals surface area contributed by atoms with Gasteiger partial charge < -0.3 is 15.0 Å². The number of carbonyl (C=O) groups is 1. The maximum Gasteiger partial charge on any atom is 0.261 e. The average Bonchev–Trinajstić information content (AvgIpc) is 3.20. The maximum absolute atomic E-state index is 12.2. The third-order valence-electron chi connectivity index (χ3n) is 3.78. The van der Waals surface area contributed by atoms with Crippen molar-refractivity contribution in [3.05, 3.63) is 43.7 Å². The quantitative estimate of drug-likeness (QED) is 0.857. The highest BCUT2D eigenvalue weighted by Crippen LogP contribution is 2.21. The number of hydrogen-bond acceptors (Lipinski definition) is 4. The number of thiophene rings is 2. The highest BCUT2D eigenvalue weighted by Gasteiger charge is 2.27.